The molecule has 0 saturated heterocycles. The summed E-state index contributed by atoms with van der Waals surface area (Å²) in [5.41, 5.74) is 0. The molecule has 17 heteroatoms. The molecular formula is C6H26La5NO11+. The van der Waals surface area contributed by atoms with Gasteiger partial charge in [-0.1, -0.05) is 0 Å². The minimum Gasteiger partial charge on any atom is -0.457 e. The molecule has 0 fully saturated rings. The van der Waals surface area contributed by atoms with Crippen molar-refractivity contribution in [3.8, 4) is 0 Å². The maximum atomic E-state index is 8.54. The predicted octanol–water partition coefficient (Wildman–Crippen LogP) is -8.00. The van der Waals surface area contributed by atoms with Crippen molar-refractivity contribution < 1.29 is 236 Å². The summed E-state index contributed by atoms with van der Waals surface area (Å²) < 4.78 is 0. The Morgan fingerprint density at radius 1 is 0.478 bits per heavy atom. The molecule has 0 rings (SSSR count). The molecule has 0 aliphatic carbocycles. The Hall–Kier alpha value is 5.49. The second-order valence-corrected chi connectivity index (χ2v) is 2.66. The van der Waals surface area contributed by atoms with Crippen LogP contribution in [-0.4, -0.2) is 95.9 Å². The van der Waals surface area contributed by atoms with Gasteiger partial charge in [0.2, 0.25) is 0 Å². The van der Waals surface area contributed by atoms with Gasteiger partial charge >= 0.3 is 0 Å². The second-order valence-electron chi connectivity index (χ2n) is 2.66. The van der Waals surface area contributed by atoms with Crippen LogP contribution in [0.4, 0.5) is 0 Å². The van der Waals surface area contributed by atoms with Gasteiger partial charge in [-0.05, 0) is 0 Å². The molecule has 0 unspecified atom stereocenters. The van der Waals surface area contributed by atoms with Crippen molar-refractivity contribution in [3.63, 3.8) is 0 Å². The van der Waals surface area contributed by atoms with Crippen molar-refractivity contribution in [2.24, 2.45) is 0 Å². The molecule has 0 atom stereocenters. The second kappa shape index (κ2) is 45.9. The fourth-order valence-electron chi connectivity index (χ4n) is 0.916. The van der Waals surface area contributed by atoms with Crippen LogP contribution in [0.1, 0.15) is 0 Å². The van der Waals surface area contributed by atoms with Crippen LogP contribution in [0, 0.1) is 178 Å². The standard InChI is InChI=1S/C6H15NO6.5La.5H2O/c8-4(9)1-7(2-5(10)11)3-6(12)13;;;;;;;;;;/h4-6,8-13H,1-3H2;;;;;;5*1H2/p+1. The molecule has 0 aromatic rings. The van der Waals surface area contributed by atoms with Crippen LogP contribution < -0.4 is 0 Å². The maximum Gasteiger partial charge on any atom is 0.164 e. The smallest absolute Gasteiger partial charge is 0.164 e. The first-order chi connectivity index (χ1) is 5.91. The van der Waals surface area contributed by atoms with E-state index < -0.39 is 18.9 Å². The molecular weight excluding hydrogens is 957 g/mol. The van der Waals surface area contributed by atoms with Crippen molar-refractivity contribution in [2.45, 2.75) is 18.9 Å². The summed E-state index contributed by atoms with van der Waals surface area (Å²) in [6.07, 6.45) is -4.97. The van der Waals surface area contributed by atoms with E-state index in [1.165, 1.54) is 0 Å². The Kier molecular flexibility index (Phi) is 141. The number of aliphatic hydroxyl groups excluding tert-OH is 3. The SMILES string of the molecule is O.O.O.O.OC(O)CN(CC(O)O)CC(O)O.[La].[La].[La].[La].[La].[OH3+]. The van der Waals surface area contributed by atoms with Gasteiger partial charge in [-0.2, -0.15) is 0 Å². The zero-order chi connectivity index (χ0) is 10.4. The van der Waals surface area contributed by atoms with Crippen molar-refractivity contribution in [2.75, 3.05) is 19.6 Å². The molecule has 5 radical (unpaired) electrons. The average molecular weight is 983 g/mol. The minimum atomic E-state index is -1.66. The predicted molar refractivity (Wildman–Crippen MR) is 60.4 cm³/mol. The molecule has 23 heavy (non-hydrogen) atoms. The third kappa shape index (κ3) is 58.4. The number of hydrogen-bond acceptors (Lipinski definition) is 7. The first-order valence-corrected chi connectivity index (χ1v) is 3.72. The molecule has 0 bridgehead atoms. The molecule has 12 nitrogen and oxygen atoms in total. The molecule has 0 amide bonds. The van der Waals surface area contributed by atoms with Crippen LogP contribution in [0.25, 0.3) is 0 Å². The van der Waals surface area contributed by atoms with Gasteiger partial charge in [0.1, 0.15) is 0 Å². The molecule has 0 heterocycles. The van der Waals surface area contributed by atoms with E-state index in [1.807, 2.05) is 0 Å². The number of hydrogen-bond donors (Lipinski definition) is 6. The van der Waals surface area contributed by atoms with E-state index in [0.29, 0.717) is 0 Å². The zero-order valence-electron chi connectivity index (χ0n) is 12.4. The molecule has 0 saturated carbocycles. The van der Waals surface area contributed by atoms with Crippen LogP contribution in [-0.2, 0) is 5.48 Å². The molecule has 17 N–H and O–H groups in total. The quantitative estimate of drug-likeness (QED) is 0.110. The fourth-order valence-corrected chi connectivity index (χ4v) is 0.916. The third-order valence-electron chi connectivity index (χ3n) is 1.26. The van der Waals surface area contributed by atoms with Gasteiger partial charge in [-0.3, -0.25) is 4.90 Å². The van der Waals surface area contributed by atoms with Crippen LogP contribution in [0.5, 0.6) is 0 Å². The van der Waals surface area contributed by atoms with Crippen molar-refractivity contribution in [1.29, 1.82) is 0 Å². The van der Waals surface area contributed by atoms with E-state index >= 15 is 0 Å². The van der Waals surface area contributed by atoms with E-state index in [2.05, 4.69) is 0 Å². The monoisotopic (exact) mass is 983 g/mol. The van der Waals surface area contributed by atoms with Gasteiger partial charge in [0.25, 0.3) is 0 Å². The Balaban J connectivity index is -0.0000000160. The summed E-state index contributed by atoms with van der Waals surface area (Å²) in [5, 5.41) is 51.2. The van der Waals surface area contributed by atoms with Gasteiger partial charge in [0, 0.05) is 198 Å². The summed E-state index contributed by atoms with van der Waals surface area (Å²) in [6.45, 7) is -0.847. The maximum absolute atomic E-state index is 8.54. The zero-order valence-corrected chi connectivity index (χ0v) is 30.6. The molecule has 135 valence electrons. The number of rotatable bonds is 6. The van der Waals surface area contributed by atoms with E-state index in [-0.39, 0.29) is 225 Å². The number of nitrogens with zero attached hydrogens (tertiary/aromatic N) is 1. The summed E-state index contributed by atoms with van der Waals surface area (Å²) in [5.74, 6) is 0. The van der Waals surface area contributed by atoms with Gasteiger partial charge in [0.15, 0.2) is 18.9 Å². The Labute approximate surface area is 273 Å². The fraction of sp³-hybridized carbons (Fsp3) is 1.00. The normalized spacial score (nSPS) is 7.04. The van der Waals surface area contributed by atoms with E-state index in [1.54, 1.807) is 0 Å². The van der Waals surface area contributed by atoms with Crippen LogP contribution in [0.3, 0.4) is 0 Å². The molecule has 0 aromatic heterocycles. The topological polar surface area (TPSA) is 284 Å². The first-order valence-electron chi connectivity index (χ1n) is 3.72. The minimum absolute atomic E-state index is 0. The molecule has 0 aliphatic heterocycles. The van der Waals surface area contributed by atoms with Crippen molar-refractivity contribution >= 4 is 0 Å². The summed E-state index contributed by atoms with van der Waals surface area (Å²) >= 11 is 0. The van der Waals surface area contributed by atoms with E-state index in [4.69, 9.17) is 30.6 Å². The Morgan fingerprint density at radius 2 is 0.609 bits per heavy atom. The molecule has 0 aliphatic rings. The average Bonchev–Trinajstić information content (AvgIpc) is 1.80. The van der Waals surface area contributed by atoms with Crippen molar-refractivity contribution in [1.82, 2.24) is 4.90 Å². The molecule has 0 aromatic carbocycles. The van der Waals surface area contributed by atoms with Gasteiger partial charge in [-0.25, -0.2) is 0 Å². The first kappa shape index (κ1) is 70.4. The molecule has 0 spiro atoms. The van der Waals surface area contributed by atoms with Crippen molar-refractivity contribution in [3.05, 3.63) is 0 Å². The van der Waals surface area contributed by atoms with E-state index in [9.17, 15) is 0 Å². The van der Waals surface area contributed by atoms with Gasteiger partial charge in [0.05, 0.1) is 0 Å². The number of aliphatic hydroxyl groups is 6. The van der Waals surface area contributed by atoms with Gasteiger partial charge < -0.3 is 58.0 Å². The van der Waals surface area contributed by atoms with E-state index in [0.717, 1.165) is 4.90 Å². The third-order valence-corrected chi connectivity index (χ3v) is 1.26. The van der Waals surface area contributed by atoms with Crippen LogP contribution >= 0.6 is 0 Å². The summed E-state index contributed by atoms with van der Waals surface area (Å²) in [6, 6.07) is 0. The largest absolute Gasteiger partial charge is 0.457 e. The van der Waals surface area contributed by atoms with Gasteiger partial charge in [-0.15, -0.1) is 0 Å². The summed E-state index contributed by atoms with van der Waals surface area (Å²) in [7, 11) is 0. The van der Waals surface area contributed by atoms with Crippen LogP contribution in [0.2, 0.25) is 0 Å². The summed E-state index contributed by atoms with van der Waals surface area (Å²) in [4.78, 5) is 1.10. The van der Waals surface area contributed by atoms with Crippen LogP contribution in [0.15, 0.2) is 0 Å². The Bertz CT molecular complexity index is 126. The Morgan fingerprint density at radius 3 is 0.696 bits per heavy atom.